The third-order valence-corrected chi connectivity index (χ3v) is 8.07. The van der Waals surface area contributed by atoms with E-state index in [1.807, 2.05) is 0 Å². The number of carbonyl (C=O) groups is 2. The van der Waals surface area contributed by atoms with Crippen LogP contribution in [-0.2, 0) is 14.3 Å². The maximum absolute atomic E-state index is 12.5. The number of carbonyl (C=O) groups excluding carboxylic acids is 2. The van der Waals surface area contributed by atoms with Gasteiger partial charge in [-0.2, -0.15) is 0 Å². The Labute approximate surface area is 150 Å². The van der Waals surface area contributed by atoms with Crippen molar-refractivity contribution < 1.29 is 19.4 Å². The lowest BCUT2D eigenvalue weighted by Gasteiger charge is -2.57. The number of rotatable bonds is 2. The fourth-order valence-corrected chi connectivity index (χ4v) is 6.90. The van der Waals surface area contributed by atoms with Gasteiger partial charge in [0, 0.05) is 24.2 Å². The van der Waals surface area contributed by atoms with E-state index in [1.165, 1.54) is 12.5 Å². The van der Waals surface area contributed by atoms with Crippen LogP contribution in [-0.4, -0.2) is 29.6 Å². The monoisotopic (exact) mass is 346 g/mol. The molecule has 0 aromatic carbocycles. The Morgan fingerprint density at radius 1 is 1.28 bits per heavy atom. The fourth-order valence-electron chi connectivity index (χ4n) is 6.90. The summed E-state index contributed by atoms with van der Waals surface area (Å²) >= 11 is 0. The molecule has 0 amide bonds. The van der Waals surface area contributed by atoms with Crippen molar-refractivity contribution in [2.45, 2.75) is 71.3 Å². The average Bonchev–Trinajstić information content (AvgIpc) is 2.89. The van der Waals surface area contributed by atoms with Gasteiger partial charge in [-0.05, 0) is 68.3 Å². The standard InChI is InChI=1S/C21H30O4/c1-13(23)25-18-4-3-10-21(12-22)16-9-11-20(2)15(7-8-19(20)24)14(16)5-6-17(18)21/h6,14-16,18,22H,3-5,7-12H2,1-2H3/t14-,15-,16-,18+,20-,21-/m0/s1. The highest BCUT2D eigenvalue weighted by Gasteiger charge is 2.60. The van der Waals surface area contributed by atoms with Crippen LogP contribution in [0.1, 0.15) is 65.2 Å². The molecular weight excluding hydrogens is 316 g/mol. The molecule has 4 nitrogen and oxygen atoms in total. The van der Waals surface area contributed by atoms with Crippen molar-refractivity contribution in [3.63, 3.8) is 0 Å². The van der Waals surface area contributed by atoms with Crippen LogP contribution in [0.15, 0.2) is 11.6 Å². The van der Waals surface area contributed by atoms with E-state index in [0.29, 0.717) is 23.5 Å². The van der Waals surface area contributed by atoms with Crippen LogP contribution in [0, 0.1) is 28.6 Å². The number of allylic oxidation sites excluding steroid dienone is 1. The van der Waals surface area contributed by atoms with Crippen molar-refractivity contribution in [2.24, 2.45) is 28.6 Å². The van der Waals surface area contributed by atoms with Crippen LogP contribution in [0.2, 0.25) is 0 Å². The lowest BCUT2D eigenvalue weighted by Crippen LogP contribution is -2.54. The largest absolute Gasteiger partial charge is 0.458 e. The number of ketones is 1. The number of aliphatic hydroxyl groups excluding tert-OH is 1. The van der Waals surface area contributed by atoms with Crippen molar-refractivity contribution in [1.29, 1.82) is 0 Å². The van der Waals surface area contributed by atoms with E-state index < -0.39 is 0 Å². The highest BCUT2D eigenvalue weighted by atomic mass is 16.5. The average molecular weight is 346 g/mol. The van der Waals surface area contributed by atoms with Gasteiger partial charge in [0.25, 0.3) is 0 Å². The number of aliphatic hydroxyl groups is 1. The summed E-state index contributed by atoms with van der Waals surface area (Å²) in [4.78, 5) is 24.0. The molecule has 4 heteroatoms. The molecule has 6 atom stereocenters. The second-order valence-electron chi connectivity index (χ2n) is 8.99. The van der Waals surface area contributed by atoms with Gasteiger partial charge < -0.3 is 9.84 Å². The number of hydrogen-bond acceptors (Lipinski definition) is 4. The van der Waals surface area contributed by atoms with Crippen molar-refractivity contribution in [2.75, 3.05) is 6.61 Å². The molecule has 0 unspecified atom stereocenters. The molecule has 0 aromatic rings. The number of ether oxygens (including phenoxy) is 1. The van der Waals surface area contributed by atoms with Gasteiger partial charge in [-0.1, -0.05) is 13.0 Å². The molecule has 0 aromatic heterocycles. The van der Waals surface area contributed by atoms with Crippen molar-refractivity contribution in [3.8, 4) is 0 Å². The molecule has 4 aliphatic rings. The molecule has 4 rings (SSSR count). The Hall–Kier alpha value is -1.16. The minimum absolute atomic E-state index is 0.134. The molecule has 0 heterocycles. The SMILES string of the molecule is CC(=O)O[C@@H]1CCC[C@@]2(CO)C1=CC[C@@H]1[C@@H]2CC[C@]2(C)C(=O)CC[C@@H]12. The van der Waals surface area contributed by atoms with E-state index >= 15 is 0 Å². The van der Waals surface area contributed by atoms with Gasteiger partial charge in [-0.15, -0.1) is 0 Å². The third-order valence-electron chi connectivity index (χ3n) is 8.07. The second-order valence-corrected chi connectivity index (χ2v) is 8.99. The molecule has 0 bridgehead atoms. The van der Waals surface area contributed by atoms with Crippen molar-refractivity contribution in [3.05, 3.63) is 11.6 Å². The number of fused-ring (bicyclic) bond motifs is 5. The summed E-state index contributed by atoms with van der Waals surface area (Å²) in [6.07, 6.45) is 9.58. The van der Waals surface area contributed by atoms with Crippen LogP contribution in [0.5, 0.6) is 0 Å². The van der Waals surface area contributed by atoms with Crippen LogP contribution < -0.4 is 0 Å². The Kier molecular flexibility index (Phi) is 4.10. The zero-order chi connectivity index (χ0) is 17.8. The quantitative estimate of drug-likeness (QED) is 0.615. The molecule has 0 spiro atoms. The van der Waals surface area contributed by atoms with E-state index in [2.05, 4.69) is 13.0 Å². The van der Waals surface area contributed by atoms with Crippen LogP contribution in [0.25, 0.3) is 0 Å². The Bertz CT molecular complexity index is 623. The van der Waals surface area contributed by atoms with Gasteiger partial charge in [0.05, 0.1) is 6.61 Å². The topological polar surface area (TPSA) is 63.6 Å². The fraction of sp³-hybridized carbons (Fsp3) is 0.810. The van der Waals surface area contributed by atoms with Crippen molar-refractivity contribution >= 4 is 11.8 Å². The molecular formula is C21H30O4. The first-order valence-corrected chi connectivity index (χ1v) is 9.94. The van der Waals surface area contributed by atoms with E-state index in [0.717, 1.165) is 51.4 Å². The Morgan fingerprint density at radius 2 is 2.08 bits per heavy atom. The van der Waals surface area contributed by atoms with Gasteiger partial charge in [-0.3, -0.25) is 9.59 Å². The second kappa shape index (κ2) is 5.94. The number of hydrogen-bond donors (Lipinski definition) is 1. The first-order valence-electron chi connectivity index (χ1n) is 9.94. The summed E-state index contributed by atoms with van der Waals surface area (Å²) in [5, 5.41) is 10.5. The molecule has 0 aliphatic heterocycles. The zero-order valence-corrected chi connectivity index (χ0v) is 15.4. The maximum atomic E-state index is 12.5. The lowest BCUT2D eigenvalue weighted by molar-refractivity contribution is -0.149. The highest BCUT2D eigenvalue weighted by molar-refractivity contribution is 5.87. The summed E-state index contributed by atoms with van der Waals surface area (Å²) in [6.45, 7) is 3.78. The van der Waals surface area contributed by atoms with Crippen LogP contribution >= 0.6 is 0 Å². The Balaban J connectivity index is 1.71. The molecule has 3 saturated carbocycles. The third kappa shape index (κ3) is 2.36. The number of Topliss-reactive ketones (excluding diaryl/α,β-unsaturated/α-hetero) is 1. The molecule has 25 heavy (non-hydrogen) atoms. The van der Waals surface area contributed by atoms with Gasteiger partial charge in [0.1, 0.15) is 11.9 Å². The Morgan fingerprint density at radius 3 is 2.80 bits per heavy atom. The summed E-state index contributed by atoms with van der Waals surface area (Å²) in [5.41, 5.74) is 0.784. The summed E-state index contributed by atoms with van der Waals surface area (Å²) in [6, 6.07) is 0. The van der Waals surface area contributed by atoms with Gasteiger partial charge in [0.15, 0.2) is 0 Å². The van der Waals surface area contributed by atoms with Crippen LogP contribution in [0.4, 0.5) is 0 Å². The highest BCUT2D eigenvalue weighted by Crippen LogP contribution is 2.64. The molecule has 3 fully saturated rings. The molecule has 1 N–H and O–H groups in total. The molecule has 0 radical (unpaired) electrons. The van der Waals surface area contributed by atoms with Crippen molar-refractivity contribution in [1.82, 2.24) is 0 Å². The van der Waals surface area contributed by atoms with Gasteiger partial charge in [-0.25, -0.2) is 0 Å². The van der Waals surface area contributed by atoms with Crippen LogP contribution in [0.3, 0.4) is 0 Å². The normalized spacial score (nSPS) is 45.9. The lowest BCUT2D eigenvalue weighted by atomic mass is 9.47. The van der Waals surface area contributed by atoms with Gasteiger partial charge in [0.2, 0.25) is 0 Å². The first kappa shape index (κ1) is 17.3. The maximum Gasteiger partial charge on any atom is 0.303 e. The smallest absolute Gasteiger partial charge is 0.303 e. The van der Waals surface area contributed by atoms with E-state index in [4.69, 9.17) is 4.74 Å². The van der Waals surface area contributed by atoms with Gasteiger partial charge >= 0.3 is 5.97 Å². The minimum atomic E-state index is -0.242. The molecule has 0 saturated heterocycles. The van der Waals surface area contributed by atoms with E-state index in [9.17, 15) is 14.7 Å². The number of esters is 1. The summed E-state index contributed by atoms with van der Waals surface area (Å²) in [5.74, 6) is 1.57. The predicted molar refractivity (Wildman–Crippen MR) is 93.7 cm³/mol. The molecule has 4 aliphatic carbocycles. The zero-order valence-electron chi connectivity index (χ0n) is 15.4. The summed E-state index contributed by atoms with van der Waals surface area (Å²) in [7, 11) is 0. The predicted octanol–water partition coefficient (Wildman–Crippen LogP) is 3.42. The first-order chi connectivity index (χ1) is 11.9. The van der Waals surface area contributed by atoms with E-state index in [1.54, 1.807) is 0 Å². The van der Waals surface area contributed by atoms with E-state index in [-0.39, 0.29) is 29.5 Å². The molecule has 138 valence electrons. The minimum Gasteiger partial charge on any atom is -0.458 e. The summed E-state index contributed by atoms with van der Waals surface area (Å²) < 4.78 is 5.62.